The molecule has 0 saturated heterocycles. The van der Waals surface area contributed by atoms with Crippen molar-refractivity contribution < 1.29 is 9.90 Å². The summed E-state index contributed by atoms with van der Waals surface area (Å²) in [7, 11) is 0. The average molecular weight is 291 g/mol. The Hall–Kier alpha value is -1.44. The number of thioether (sulfide) groups is 1. The molecule has 1 atom stereocenters. The molecule has 0 aliphatic rings. The molecular formula is C16H21NO2S. The van der Waals surface area contributed by atoms with Crippen LogP contribution in [0.1, 0.15) is 34.8 Å². The number of benzene rings is 1. The highest BCUT2D eigenvalue weighted by molar-refractivity contribution is 7.98. The standard InChI is InChI=1S/C16H21NO2S/c1-12(9-11-20-3)17-16(19)15-8-4-6-14(13(15)2)7-5-10-18/h4,6,8,12,18H,9-11H2,1-3H3,(H,17,19). The number of hydrogen-bond donors (Lipinski definition) is 2. The van der Waals surface area contributed by atoms with Crippen LogP contribution in [0.3, 0.4) is 0 Å². The second kappa shape index (κ2) is 8.68. The lowest BCUT2D eigenvalue weighted by Gasteiger charge is -2.14. The van der Waals surface area contributed by atoms with E-state index in [2.05, 4.69) is 23.4 Å². The van der Waals surface area contributed by atoms with Crippen LogP contribution in [0.4, 0.5) is 0 Å². The number of carbonyl (C=O) groups excluding carboxylic acids is 1. The summed E-state index contributed by atoms with van der Waals surface area (Å²) in [4.78, 5) is 12.2. The van der Waals surface area contributed by atoms with Gasteiger partial charge in [0.15, 0.2) is 0 Å². The predicted molar refractivity (Wildman–Crippen MR) is 85.1 cm³/mol. The molecule has 1 rings (SSSR count). The van der Waals surface area contributed by atoms with Crippen molar-refractivity contribution in [2.45, 2.75) is 26.3 Å². The highest BCUT2D eigenvalue weighted by Gasteiger charge is 2.13. The first-order valence-electron chi connectivity index (χ1n) is 6.59. The van der Waals surface area contributed by atoms with Crippen molar-refractivity contribution in [1.82, 2.24) is 5.32 Å². The van der Waals surface area contributed by atoms with Gasteiger partial charge < -0.3 is 10.4 Å². The predicted octanol–water partition coefficient (Wildman–Crippen LogP) is 2.21. The molecule has 0 spiro atoms. The van der Waals surface area contributed by atoms with Crippen LogP contribution in [0.25, 0.3) is 0 Å². The van der Waals surface area contributed by atoms with Crippen LogP contribution in [0, 0.1) is 18.8 Å². The second-order valence-electron chi connectivity index (χ2n) is 4.59. The molecule has 0 aromatic heterocycles. The minimum absolute atomic E-state index is 0.0660. The van der Waals surface area contributed by atoms with Gasteiger partial charge in [0.1, 0.15) is 6.61 Å². The van der Waals surface area contributed by atoms with Gasteiger partial charge in [-0.15, -0.1) is 0 Å². The van der Waals surface area contributed by atoms with Gasteiger partial charge in [-0.05, 0) is 50.0 Å². The van der Waals surface area contributed by atoms with E-state index in [4.69, 9.17) is 5.11 Å². The number of aliphatic hydroxyl groups excluding tert-OH is 1. The molecule has 3 nitrogen and oxygen atoms in total. The van der Waals surface area contributed by atoms with E-state index in [1.54, 1.807) is 17.8 Å². The van der Waals surface area contributed by atoms with E-state index in [9.17, 15) is 4.79 Å². The summed E-state index contributed by atoms with van der Waals surface area (Å²) in [5.74, 6) is 6.44. The Bertz CT molecular complexity index is 517. The highest BCUT2D eigenvalue weighted by Crippen LogP contribution is 2.13. The Balaban J connectivity index is 2.83. The Kier molecular flexibility index (Phi) is 7.21. The van der Waals surface area contributed by atoms with Crippen molar-refractivity contribution in [3.63, 3.8) is 0 Å². The molecule has 0 aliphatic carbocycles. The third-order valence-corrected chi connectivity index (χ3v) is 3.66. The van der Waals surface area contributed by atoms with E-state index in [-0.39, 0.29) is 18.6 Å². The number of hydrogen-bond acceptors (Lipinski definition) is 3. The van der Waals surface area contributed by atoms with Crippen molar-refractivity contribution in [2.24, 2.45) is 0 Å². The summed E-state index contributed by atoms with van der Waals surface area (Å²) < 4.78 is 0. The van der Waals surface area contributed by atoms with Crippen LogP contribution in [0.2, 0.25) is 0 Å². The van der Waals surface area contributed by atoms with Gasteiger partial charge in [0.25, 0.3) is 5.91 Å². The fraction of sp³-hybridized carbons (Fsp3) is 0.438. The Morgan fingerprint density at radius 2 is 2.25 bits per heavy atom. The maximum absolute atomic E-state index is 12.2. The van der Waals surface area contributed by atoms with Crippen LogP contribution in [0.5, 0.6) is 0 Å². The largest absolute Gasteiger partial charge is 0.384 e. The highest BCUT2D eigenvalue weighted by atomic mass is 32.2. The summed E-state index contributed by atoms with van der Waals surface area (Å²) in [6.45, 7) is 3.71. The normalized spacial score (nSPS) is 11.4. The lowest BCUT2D eigenvalue weighted by molar-refractivity contribution is 0.0939. The average Bonchev–Trinajstić information content (AvgIpc) is 2.43. The number of amides is 1. The van der Waals surface area contributed by atoms with E-state index in [0.29, 0.717) is 5.56 Å². The molecule has 1 amide bonds. The molecule has 0 heterocycles. The minimum Gasteiger partial charge on any atom is -0.384 e. The van der Waals surface area contributed by atoms with Gasteiger partial charge in [-0.3, -0.25) is 4.79 Å². The summed E-state index contributed by atoms with van der Waals surface area (Å²) in [6.07, 6.45) is 3.01. The van der Waals surface area contributed by atoms with Crippen LogP contribution in [-0.2, 0) is 0 Å². The zero-order valence-electron chi connectivity index (χ0n) is 12.2. The fourth-order valence-corrected chi connectivity index (χ4v) is 2.41. The van der Waals surface area contributed by atoms with Gasteiger partial charge in [-0.1, -0.05) is 17.9 Å². The van der Waals surface area contributed by atoms with Crippen LogP contribution in [-0.4, -0.2) is 35.7 Å². The molecule has 0 radical (unpaired) electrons. The quantitative estimate of drug-likeness (QED) is 0.818. The third-order valence-electron chi connectivity index (χ3n) is 3.01. The molecule has 1 unspecified atom stereocenters. The topological polar surface area (TPSA) is 49.3 Å². The van der Waals surface area contributed by atoms with Crippen molar-refractivity contribution >= 4 is 17.7 Å². The van der Waals surface area contributed by atoms with E-state index < -0.39 is 0 Å². The van der Waals surface area contributed by atoms with E-state index in [1.165, 1.54) is 0 Å². The fourth-order valence-electron chi connectivity index (χ4n) is 1.82. The Morgan fingerprint density at radius 1 is 1.50 bits per heavy atom. The van der Waals surface area contributed by atoms with Crippen LogP contribution >= 0.6 is 11.8 Å². The minimum atomic E-state index is -0.179. The molecule has 108 valence electrons. The molecule has 4 heteroatoms. The molecule has 2 N–H and O–H groups in total. The summed E-state index contributed by atoms with van der Waals surface area (Å²) in [5.41, 5.74) is 2.28. The maximum Gasteiger partial charge on any atom is 0.251 e. The zero-order chi connectivity index (χ0) is 15.0. The smallest absolute Gasteiger partial charge is 0.251 e. The lowest BCUT2D eigenvalue weighted by atomic mass is 10.0. The molecule has 0 fully saturated rings. The Morgan fingerprint density at radius 3 is 2.90 bits per heavy atom. The van der Waals surface area contributed by atoms with Gasteiger partial charge in [0, 0.05) is 17.2 Å². The van der Waals surface area contributed by atoms with Crippen molar-refractivity contribution in [1.29, 1.82) is 0 Å². The van der Waals surface area contributed by atoms with Gasteiger partial charge in [0.05, 0.1) is 0 Å². The molecule has 0 bridgehead atoms. The summed E-state index contributed by atoms with van der Waals surface area (Å²) in [5, 5.41) is 11.7. The second-order valence-corrected chi connectivity index (χ2v) is 5.58. The van der Waals surface area contributed by atoms with E-state index in [0.717, 1.165) is 23.3 Å². The van der Waals surface area contributed by atoms with E-state index in [1.807, 2.05) is 26.0 Å². The molecule has 0 saturated carbocycles. The molecule has 20 heavy (non-hydrogen) atoms. The van der Waals surface area contributed by atoms with Gasteiger partial charge in [-0.2, -0.15) is 11.8 Å². The maximum atomic E-state index is 12.2. The van der Waals surface area contributed by atoms with Crippen molar-refractivity contribution in [3.8, 4) is 11.8 Å². The number of carbonyl (C=O) groups is 1. The Labute approximate surface area is 125 Å². The zero-order valence-corrected chi connectivity index (χ0v) is 13.0. The molecular weight excluding hydrogens is 270 g/mol. The number of rotatable bonds is 5. The third kappa shape index (κ3) is 4.92. The van der Waals surface area contributed by atoms with Gasteiger partial charge >= 0.3 is 0 Å². The van der Waals surface area contributed by atoms with E-state index >= 15 is 0 Å². The molecule has 0 aliphatic heterocycles. The summed E-state index contributed by atoms with van der Waals surface area (Å²) in [6, 6.07) is 5.62. The van der Waals surface area contributed by atoms with Crippen molar-refractivity contribution in [2.75, 3.05) is 18.6 Å². The molecule has 1 aromatic carbocycles. The van der Waals surface area contributed by atoms with Crippen molar-refractivity contribution in [3.05, 3.63) is 34.9 Å². The number of aliphatic hydroxyl groups is 1. The first kappa shape index (κ1) is 16.6. The lowest BCUT2D eigenvalue weighted by Crippen LogP contribution is -2.33. The van der Waals surface area contributed by atoms with Crippen LogP contribution < -0.4 is 5.32 Å². The number of nitrogens with one attached hydrogen (secondary N) is 1. The summed E-state index contributed by atoms with van der Waals surface area (Å²) >= 11 is 1.77. The monoisotopic (exact) mass is 291 g/mol. The first-order chi connectivity index (χ1) is 9.60. The van der Waals surface area contributed by atoms with Gasteiger partial charge in [0.2, 0.25) is 0 Å². The van der Waals surface area contributed by atoms with Crippen LogP contribution in [0.15, 0.2) is 18.2 Å². The first-order valence-corrected chi connectivity index (χ1v) is 7.98. The van der Waals surface area contributed by atoms with Gasteiger partial charge in [-0.25, -0.2) is 0 Å². The molecule has 1 aromatic rings. The SMILES string of the molecule is CSCCC(C)NC(=O)c1cccc(C#CCO)c1C.